The quantitative estimate of drug-likeness (QED) is 0.262. The van der Waals surface area contributed by atoms with Crippen LogP contribution in [-0.4, -0.2) is 29.4 Å². The van der Waals surface area contributed by atoms with Crippen molar-refractivity contribution in [2.75, 3.05) is 13.2 Å². The lowest BCUT2D eigenvalue weighted by Crippen LogP contribution is -2.47. The average molecular weight is 552 g/mol. The number of aromatic nitrogens is 1. The SMILES string of the molecule is N=IN=NCC(O)(c1ccc(F)cc1F)C(F)(F)c1ccc(OCC(F)(F)F)cn1. The lowest BCUT2D eigenvalue weighted by Gasteiger charge is -2.34. The summed E-state index contributed by atoms with van der Waals surface area (Å²) in [7, 11) is 0. The predicted octanol–water partition coefficient (Wildman–Crippen LogP) is 5.38. The number of halogens is 8. The zero-order valence-electron chi connectivity index (χ0n) is 14.6. The molecule has 2 N–H and O–H groups in total. The van der Waals surface area contributed by atoms with Gasteiger partial charge in [0.1, 0.15) is 29.6 Å². The Morgan fingerprint density at radius 3 is 2.33 bits per heavy atom. The summed E-state index contributed by atoms with van der Waals surface area (Å²) in [5.41, 5.74) is -5.52. The standard InChI is InChI=1S/C16H12F7IN4O2/c17-9-1-3-11(12(18)5-9)14(29,7-27-28-24-25)16(22,23)13-4-2-10(6-26-13)30-8-15(19,20)21/h1-6,25,29H,7-8H2. The molecule has 6 nitrogen and oxygen atoms in total. The number of ether oxygens (including phenoxy) is 1. The van der Waals surface area contributed by atoms with Gasteiger partial charge in [0, 0.05) is 11.6 Å². The Balaban J connectivity index is 2.45. The Morgan fingerprint density at radius 2 is 1.80 bits per heavy atom. The second-order valence-corrected chi connectivity index (χ2v) is 6.72. The van der Waals surface area contributed by atoms with Gasteiger partial charge in [-0.3, -0.25) is 8.55 Å². The summed E-state index contributed by atoms with van der Waals surface area (Å²) in [5, 5.41) is 14.0. The fourth-order valence-corrected chi connectivity index (χ4v) is 2.67. The van der Waals surface area contributed by atoms with Gasteiger partial charge in [0.25, 0.3) is 0 Å². The third-order valence-corrected chi connectivity index (χ3v) is 4.27. The van der Waals surface area contributed by atoms with Gasteiger partial charge < -0.3 is 9.84 Å². The number of hydrogen-bond donors (Lipinski definition) is 2. The van der Waals surface area contributed by atoms with E-state index in [4.69, 9.17) is 3.56 Å². The van der Waals surface area contributed by atoms with E-state index in [0.717, 1.165) is 6.07 Å². The fourth-order valence-electron chi connectivity index (χ4n) is 2.36. The molecule has 2 aromatic rings. The van der Waals surface area contributed by atoms with E-state index in [1.165, 1.54) is 0 Å². The molecule has 30 heavy (non-hydrogen) atoms. The van der Waals surface area contributed by atoms with Gasteiger partial charge in [-0.25, -0.2) is 8.78 Å². The first kappa shape index (κ1) is 24.0. The fraction of sp³-hybridized carbons (Fsp3) is 0.312. The Kier molecular flexibility index (Phi) is 7.44. The van der Waals surface area contributed by atoms with Crippen molar-refractivity contribution in [1.29, 1.82) is 3.56 Å². The third-order valence-electron chi connectivity index (χ3n) is 3.75. The molecule has 0 saturated carbocycles. The van der Waals surface area contributed by atoms with Crippen LogP contribution in [0, 0.1) is 15.2 Å². The lowest BCUT2D eigenvalue weighted by atomic mass is 9.85. The maximum atomic E-state index is 15.2. The van der Waals surface area contributed by atoms with Crippen LogP contribution in [-0.2, 0) is 11.5 Å². The first-order valence-electron chi connectivity index (χ1n) is 7.79. The summed E-state index contributed by atoms with van der Waals surface area (Å²) in [6, 6.07) is 2.89. The minimum atomic E-state index is -4.66. The van der Waals surface area contributed by atoms with Crippen LogP contribution in [0.5, 0.6) is 5.75 Å². The van der Waals surface area contributed by atoms with E-state index in [0.29, 0.717) is 24.4 Å². The van der Waals surface area contributed by atoms with E-state index < -0.39 is 80.8 Å². The molecule has 0 saturated heterocycles. The molecule has 0 spiro atoms. The number of hydrogen-bond acceptors (Lipinski definition) is 5. The van der Waals surface area contributed by atoms with Gasteiger partial charge in [-0.15, -0.1) is 3.33 Å². The van der Waals surface area contributed by atoms with Gasteiger partial charge in [0.15, 0.2) is 33.5 Å². The van der Waals surface area contributed by atoms with Crippen LogP contribution in [0.1, 0.15) is 11.3 Å². The molecule has 14 heteroatoms. The molecule has 1 unspecified atom stereocenters. The first-order chi connectivity index (χ1) is 13.9. The number of aliphatic hydroxyl groups is 1. The largest absolute Gasteiger partial charge is 0.483 e. The number of nitrogens with one attached hydrogen (secondary N) is 1. The van der Waals surface area contributed by atoms with Crippen molar-refractivity contribution >= 4 is 21.3 Å². The number of benzene rings is 1. The van der Waals surface area contributed by atoms with E-state index >= 15 is 8.78 Å². The van der Waals surface area contributed by atoms with Crippen LogP contribution < -0.4 is 4.74 Å². The molecule has 1 heterocycles. The zero-order chi connectivity index (χ0) is 22.6. The smallest absolute Gasteiger partial charge is 0.422 e. The molecule has 0 radical (unpaired) electrons. The van der Waals surface area contributed by atoms with Crippen LogP contribution in [0.25, 0.3) is 0 Å². The number of nitrogens with zero attached hydrogens (tertiary/aromatic N) is 3. The summed E-state index contributed by atoms with van der Waals surface area (Å²) in [6.07, 6.45) is -4.08. The van der Waals surface area contributed by atoms with Gasteiger partial charge in [0.2, 0.25) is 0 Å². The molecule has 0 amide bonds. The van der Waals surface area contributed by atoms with Gasteiger partial charge in [-0.1, -0.05) is 0 Å². The van der Waals surface area contributed by atoms with Crippen molar-refractivity contribution < 1.29 is 40.6 Å². The monoisotopic (exact) mass is 552 g/mol. The molecule has 164 valence electrons. The molecular formula is C16H12F7IN4O2. The molecule has 0 aliphatic heterocycles. The zero-order valence-corrected chi connectivity index (χ0v) is 16.8. The van der Waals surface area contributed by atoms with Crippen LogP contribution >= 0.6 is 21.3 Å². The molecule has 2 rings (SSSR count). The minimum Gasteiger partial charge on any atom is -0.483 e. The van der Waals surface area contributed by atoms with Crippen molar-refractivity contribution in [3.63, 3.8) is 0 Å². The second-order valence-electron chi connectivity index (χ2n) is 5.80. The molecule has 0 aliphatic rings. The minimum absolute atomic E-state index is 0.284. The molecule has 1 atom stereocenters. The average Bonchev–Trinajstić information content (AvgIpc) is 2.66. The number of rotatable bonds is 8. The van der Waals surface area contributed by atoms with Gasteiger partial charge in [0.05, 0.1) is 6.20 Å². The lowest BCUT2D eigenvalue weighted by molar-refractivity contribution is -0.193. The highest BCUT2D eigenvalue weighted by Crippen LogP contribution is 2.46. The van der Waals surface area contributed by atoms with Gasteiger partial charge in [-0.05, 0) is 24.3 Å². The van der Waals surface area contributed by atoms with E-state index in [2.05, 4.69) is 18.2 Å². The van der Waals surface area contributed by atoms with Crippen LogP contribution in [0.3, 0.4) is 0 Å². The van der Waals surface area contributed by atoms with Crippen molar-refractivity contribution in [2.24, 2.45) is 8.44 Å². The Labute approximate surface area is 175 Å². The molecule has 1 aromatic carbocycles. The van der Waals surface area contributed by atoms with E-state index in [-0.39, 0.29) is 6.07 Å². The highest BCUT2D eigenvalue weighted by Gasteiger charge is 2.57. The van der Waals surface area contributed by atoms with E-state index in [9.17, 15) is 27.1 Å². The normalized spacial score (nSPS) is 14.7. The van der Waals surface area contributed by atoms with Gasteiger partial charge in [-0.2, -0.15) is 27.1 Å². The highest BCUT2D eigenvalue weighted by molar-refractivity contribution is 14.1. The van der Waals surface area contributed by atoms with E-state index in [1.807, 2.05) is 0 Å². The maximum absolute atomic E-state index is 15.2. The molecule has 1 aromatic heterocycles. The highest BCUT2D eigenvalue weighted by atomic mass is 127. The summed E-state index contributed by atoms with van der Waals surface area (Å²) in [5.74, 6) is -7.38. The van der Waals surface area contributed by atoms with Crippen LogP contribution in [0.15, 0.2) is 45.0 Å². The van der Waals surface area contributed by atoms with Crippen molar-refractivity contribution in [3.05, 3.63) is 59.4 Å². The van der Waals surface area contributed by atoms with Gasteiger partial charge >= 0.3 is 12.1 Å². The predicted molar refractivity (Wildman–Crippen MR) is 96.4 cm³/mol. The first-order valence-corrected chi connectivity index (χ1v) is 9.83. The topological polar surface area (TPSA) is 90.9 Å². The molecule has 0 aliphatic carbocycles. The van der Waals surface area contributed by atoms with Crippen molar-refractivity contribution in [3.8, 4) is 5.75 Å². The van der Waals surface area contributed by atoms with Crippen molar-refractivity contribution in [1.82, 2.24) is 4.98 Å². The summed E-state index contributed by atoms with van der Waals surface area (Å²) >= 11 is -1.57. The molecule has 0 fully saturated rings. The summed E-state index contributed by atoms with van der Waals surface area (Å²) < 4.78 is 109. The maximum Gasteiger partial charge on any atom is 0.422 e. The second kappa shape index (κ2) is 9.28. The Morgan fingerprint density at radius 1 is 1.10 bits per heavy atom. The Bertz CT molecular complexity index is 925. The van der Waals surface area contributed by atoms with E-state index in [1.54, 1.807) is 0 Å². The van der Waals surface area contributed by atoms with Crippen LogP contribution in [0.2, 0.25) is 0 Å². The Hall–Kier alpha value is -2.23. The van der Waals surface area contributed by atoms with Crippen LogP contribution in [0.4, 0.5) is 30.7 Å². The molecule has 0 bridgehead atoms. The van der Waals surface area contributed by atoms with Crippen molar-refractivity contribution in [2.45, 2.75) is 17.7 Å². The molecular weight excluding hydrogens is 540 g/mol. The summed E-state index contributed by atoms with van der Waals surface area (Å²) in [6.45, 7) is -2.86. The third kappa shape index (κ3) is 5.47. The summed E-state index contributed by atoms with van der Waals surface area (Å²) in [4.78, 5) is 3.32. The number of pyridine rings is 1. The number of alkyl halides is 5.